The van der Waals surface area contributed by atoms with Crippen molar-refractivity contribution in [3.05, 3.63) is 53.9 Å². The van der Waals surface area contributed by atoms with Gasteiger partial charge in [-0.25, -0.2) is 0 Å². The Labute approximate surface area is 129 Å². The first-order valence-corrected chi connectivity index (χ1v) is 7.50. The van der Waals surface area contributed by atoms with Gasteiger partial charge < -0.3 is 9.47 Å². The van der Waals surface area contributed by atoms with Gasteiger partial charge in [0, 0.05) is 37.5 Å². The van der Waals surface area contributed by atoms with Crippen molar-refractivity contribution in [2.24, 2.45) is 0 Å². The zero-order valence-electron chi connectivity index (χ0n) is 12.1. The highest BCUT2D eigenvalue weighted by Crippen LogP contribution is 2.14. The van der Waals surface area contributed by atoms with Gasteiger partial charge in [-0.1, -0.05) is 29.8 Å². The van der Waals surface area contributed by atoms with E-state index in [0.717, 1.165) is 26.2 Å². The van der Waals surface area contributed by atoms with E-state index < -0.39 is 0 Å². The van der Waals surface area contributed by atoms with Gasteiger partial charge in [-0.3, -0.25) is 4.68 Å². The second-order valence-corrected chi connectivity index (χ2v) is 5.73. The topological polar surface area (TPSA) is 26.0 Å². The van der Waals surface area contributed by atoms with Crippen molar-refractivity contribution < 1.29 is 0 Å². The molecule has 0 amide bonds. The molecule has 2 heterocycles. The summed E-state index contributed by atoms with van der Waals surface area (Å²) in [5.74, 6) is 0. The third-order valence-corrected chi connectivity index (χ3v) is 3.91. The lowest BCUT2D eigenvalue weighted by molar-refractivity contribution is 0.301. The molecule has 0 atom stereocenters. The molecule has 4 nitrogen and oxygen atoms in total. The number of nitrogens with zero attached hydrogens (tertiary/aromatic N) is 4. The molecular formula is C16H19ClN4. The number of rotatable bonds is 6. The maximum absolute atomic E-state index is 5.86. The summed E-state index contributed by atoms with van der Waals surface area (Å²) in [7, 11) is 2.14. The summed E-state index contributed by atoms with van der Waals surface area (Å²) in [6, 6.07) is 10.6. The maximum Gasteiger partial charge on any atom is 0.0785 e. The summed E-state index contributed by atoms with van der Waals surface area (Å²) in [5.41, 5.74) is 1.30. The molecule has 0 spiro atoms. The monoisotopic (exact) mass is 302 g/mol. The molecule has 21 heavy (non-hydrogen) atoms. The summed E-state index contributed by atoms with van der Waals surface area (Å²) in [5, 5.41) is 6.18. The van der Waals surface area contributed by atoms with Crippen LogP contribution >= 0.6 is 11.6 Å². The van der Waals surface area contributed by atoms with E-state index in [4.69, 9.17) is 11.6 Å². The largest absolute Gasteiger partial charge is 0.346 e. The van der Waals surface area contributed by atoms with E-state index in [9.17, 15) is 0 Å². The second kappa shape index (κ2) is 6.33. The molecule has 1 aromatic carbocycles. The van der Waals surface area contributed by atoms with E-state index in [0.29, 0.717) is 5.02 Å². The van der Waals surface area contributed by atoms with Gasteiger partial charge in [0.2, 0.25) is 0 Å². The third kappa shape index (κ3) is 3.46. The summed E-state index contributed by atoms with van der Waals surface area (Å²) in [6.45, 7) is 3.81. The van der Waals surface area contributed by atoms with Crippen LogP contribution in [0.3, 0.4) is 0 Å². The minimum absolute atomic E-state index is 0.691. The standard InChI is InChI=1S/C16H19ClN4/c1-19(9-11-21-13-15(17)12-18-21)8-10-20-7-6-14-4-2-3-5-16(14)20/h2-7,12-13H,8-11H2,1H3. The Hall–Kier alpha value is -1.78. The quantitative estimate of drug-likeness (QED) is 0.699. The molecule has 0 radical (unpaired) electrons. The zero-order valence-corrected chi connectivity index (χ0v) is 12.9. The Morgan fingerprint density at radius 3 is 2.76 bits per heavy atom. The first-order chi connectivity index (χ1) is 10.2. The number of halogens is 1. The number of para-hydroxylation sites is 1. The predicted molar refractivity (Wildman–Crippen MR) is 86.7 cm³/mol. The minimum Gasteiger partial charge on any atom is -0.346 e. The molecule has 0 saturated carbocycles. The molecule has 0 unspecified atom stereocenters. The van der Waals surface area contributed by atoms with Crippen LogP contribution in [-0.4, -0.2) is 39.4 Å². The van der Waals surface area contributed by atoms with E-state index in [1.165, 1.54) is 10.9 Å². The van der Waals surface area contributed by atoms with Crippen molar-refractivity contribution in [2.45, 2.75) is 13.1 Å². The van der Waals surface area contributed by atoms with Crippen molar-refractivity contribution in [3.8, 4) is 0 Å². The lowest BCUT2D eigenvalue weighted by atomic mass is 10.2. The van der Waals surface area contributed by atoms with Crippen LogP contribution in [0.4, 0.5) is 0 Å². The highest BCUT2D eigenvalue weighted by molar-refractivity contribution is 6.30. The van der Waals surface area contributed by atoms with Gasteiger partial charge >= 0.3 is 0 Å². The van der Waals surface area contributed by atoms with Gasteiger partial charge in [-0.05, 0) is 24.6 Å². The lowest BCUT2D eigenvalue weighted by Crippen LogP contribution is -2.27. The average Bonchev–Trinajstić information content (AvgIpc) is 3.09. The van der Waals surface area contributed by atoms with Crippen molar-refractivity contribution >= 4 is 22.5 Å². The fraction of sp³-hybridized carbons (Fsp3) is 0.312. The summed E-state index contributed by atoms with van der Waals surface area (Å²) < 4.78 is 4.18. The van der Waals surface area contributed by atoms with Crippen LogP contribution in [-0.2, 0) is 13.1 Å². The normalized spacial score (nSPS) is 11.6. The Kier molecular flexibility index (Phi) is 4.27. The van der Waals surface area contributed by atoms with Crippen LogP contribution in [0.1, 0.15) is 0 Å². The van der Waals surface area contributed by atoms with Crippen LogP contribution in [0.2, 0.25) is 5.02 Å². The van der Waals surface area contributed by atoms with Crippen molar-refractivity contribution in [2.75, 3.05) is 20.1 Å². The third-order valence-electron chi connectivity index (χ3n) is 3.72. The lowest BCUT2D eigenvalue weighted by Gasteiger charge is -2.17. The smallest absolute Gasteiger partial charge is 0.0785 e. The van der Waals surface area contributed by atoms with Crippen LogP contribution < -0.4 is 0 Å². The van der Waals surface area contributed by atoms with Crippen molar-refractivity contribution in [3.63, 3.8) is 0 Å². The molecule has 3 aromatic rings. The first kappa shape index (κ1) is 14.2. The molecule has 0 aliphatic carbocycles. The zero-order chi connectivity index (χ0) is 14.7. The number of hydrogen-bond donors (Lipinski definition) is 0. The highest BCUT2D eigenvalue weighted by atomic mass is 35.5. The van der Waals surface area contributed by atoms with Crippen LogP contribution in [0.5, 0.6) is 0 Å². The molecule has 5 heteroatoms. The summed E-state index contributed by atoms with van der Waals surface area (Å²) in [4.78, 5) is 2.31. The summed E-state index contributed by atoms with van der Waals surface area (Å²) >= 11 is 5.86. The van der Waals surface area contributed by atoms with Crippen molar-refractivity contribution in [1.29, 1.82) is 0 Å². The molecular weight excluding hydrogens is 284 g/mol. The highest BCUT2D eigenvalue weighted by Gasteiger charge is 2.03. The number of benzene rings is 1. The van der Waals surface area contributed by atoms with E-state index in [-0.39, 0.29) is 0 Å². The Morgan fingerprint density at radius 1 is 1.14 bits per heavy atom. The fourth-order valence-electron chi connectivity index (χ4n) is 2.46. The second-order valence-electron chi connectivity index (χ2n) is 5.29. The van der Waals surface area contributed by atoms with Gasteiger partial charge in [0.1, 0.15) is 0 Å². The van der Waals surface area contributed by atoms with Crippen molar-refractivity contribution in [1.82, 2.24) is 19.2 Å². The Balaban J connectivity index is 1.52. The van der Waals surface area contributed by atoms with E-state index in [1.807, 2.05) is 10.9 Å². The fourth-order valence-corrected chi connectivity index (χ4v) is 2.62. The number of hydrogen-bond acceptors (Lipinski definition) is 2. The van der Waals surface area contributed by atoms with Gasteiger partial charge in [-0.2, -0.15) is 5.10 Å². The first-order valence-electron chi connectivity index (χ1n) is 7.13. The number of fused-ring (bicyclic) bond motifs is 1. The molecule has 110 valence electrons. The van der Waals surface area contributed by atoms with Gasteiger partial charge in [-0.15, -0.1) is 0 Å². The van der Waals surface area contributed by atoms with Crippen LogP contribution in [0.25, 0.3) is 10.9 Å². The van der Waals surface area contributed by atoms with Crippen LogP contribution in [0.15, 0.2) is 48.9 Å². The SMILES string of the molecule is CN(CCn1cc(Cl)cn1)CCn1ccc2ccccc21. The van der Waals surface area contributed by atoms with Gasteiger partial charge in [0.05, 0.1) is 17.8 Å². The molecule has 3 rings (SSSR count). The predicted octanol–water partition coefficient (Wildman–Crippen LogP) is 3.12. The van der Waals surface area contributed by atoms with E-state index >= 15 is 0 Å². The molecule has 0 fully saturated rings. The van der Waals surface area contributed by atoms with Gasteiger partial charge in [0.25, 0.3) is 0 Å². The van der Waals surface area contributed by atoms with E-state index in [1.54, 1.807) is 6.20 Å². The molecule has 0 aliphatic heterocycles. The van der Waals surface area contributed by atoms with E-state index in [2.05, 4.69) is 58.1 Å². The summed E-state index contributed by atoms with van der Waals surface area (Å²) in [6.07, 6.45) is 5.69. The number of likely N-dealkylation sites (N-methyl/N-ethyl adjacent to an activating group) is 1. The van der Waals surface area contributed by atoms with Crippen LogP contribution in [0, 0.1) is 0 Å². The minimum atomic E-state index is 0.691. The Bertz CT molecular complexity index is 716. The molecule has 0 saturated heterocycles. The Morgan fingerprint density at radius 2 is 1.95 bits per heavy atom. The number of aromatic nitrogens is 3. The van der Waals surface area contributed by atoms with Gasteiger partial charge in [0.15, 0.2) is 0 Å². The molecule has 2 aromatic heterocycles. The maximum atomic E-state index is 5.86. The average molecular weight is 303 g/mol. The molecule has 0 N–H and O–H groups in total. The molecule has 0 bridgehead atoms. The molecule has 0 aliphatic rings.